The maximum atomic E-state index is 13.7. The van der Waals surface area contributed by atoms with Crippen LogP contribution in [-0.4, -0.2) is 37.0 Å². The van der Waals surface area contributed by atoms with Crippen molar-refractivity contribution < 1.29 is 13.9 Å². The highest BCUT2D eigenvalue weighted by atomic mass is 19.1. The van der Waals surface area contributed by atoms with Gasteiger partial charge in [-0.15, -0.1) is 0 Å². The van der Waals surface area contributed by atoms with Crippen LogP contribution in [0.4, 0.5) is 4.39 Å². The molecule has 0 aliphatic carbocycles. The van der Waals surface area contributed by atoms with Gasteiger partial charge in [0.15, 0.2) is 5.78 Å². The summed E-state index contributed by atoms with van der Waals surface area (Å²) >= 11 is 0. The number of halogens is 1. The fraction of sp³-hybridized carbons (Fsp3) is 0.462. The molecule has 0 radical (unpaired) electrons. The van der Waals surface area contributed by atoms with E-state index in [9.17, 15) is 9.18 Å². The van der Waals surface area contributed by atoms with Crippen LogP contribution in [0.25, 0.3) is 0 Å². The maximum absolute atomic E-state index is 13.7. The molecule has 1 heterocycles. The van der Waals surface area contributed by atoms with E-state index in [0.29, 0.717) is 31.9 Å². The largest absolute Gasteiger partial charge is 0.379 e. The summed E-state index contributed by atoms with van der Waals surface area (Å²) in [6, 6.07) is 5.98. The normalized spacial score (nSPS) is 18.9. The van der Waals surface area contributed by atoms with Gasteiger partial charge in [0.2, 0.25) is 0 Å². The second-order valence-electron chi connectivity index (χ2n) is 4.18. The molecule has 1 aromatic carbocycles. The number of hydrogen-bond donors (Lipinski definition) is 0. The molecular weight excluding hydrogens is 221 g/mol. The number of ether oxygens (including phenoxy) is 1. The van der Waals surface area contributed by atoms with Gasteiger partial charge >= 0.3 is 0 Å². The van der Waals surface area contributed by atoms with E-state index in [4.69, 9.17) is 4.74 Å². The monoisotopic (exact) mass is 237 g/mol. The van der Waals surface area contributed by atoms with Gasteiger partial charge in [-0.25, -0.2) is 4.39 Å². The van der Waals surface area contributed by atoms with Crippen molar-refractivity contribution >= 4 is 5.78 Å². The first kappa shape index (κ1) is 12.2. The average Bonchev–Trinajstić information content (AvgIpc) is 2.33. The number of nitrogens with zero attached hydrogens (tertiary/aromatic N) is 1. The van der Waals surface area contributed by atoms with E-state index in [-0.39, 0.29) is 11.6 Å². The molecule has 0 amide bonds. The first-order chi connectivity index (χ1) is 8.20. The number of rotatable bonds is 3. The number of benzene rings is 1. The highest BCUT2D eigenvalue weighted by Crippen LogP contribution is 2.25. The zero-order valence-electron chi connectivity index (χ0n) is 9.86. The molecule has 1 atom stereocenters. The number of ketones is 1. The van der Waals surface area contributed by atoms with Crippen LogP contribution in [0.5, 0.6) is 0 Å². The van der Waals surface area contributed by atoms with Gasteiger partial charge in [-0.05, 0) is 13.0 Å². The third-order valence-electron chi connectivity index (χ3n) is 3.00. The van der Waals surface area contributed by atoms with Crippen LogP contribution in [0, 0.1) is 5.82 Å². The lowest BCUT2D eigenvalue weighted by molar-refractivity contribution is -0.124. The van der Waals surface area contributed by atoms with Crippen molar-refractivity contribution in [1.82, 2.24) is 4.90 Å². The number of carbonyl (C=O) groups is 1. The lowest BCUT2D eigenvalue weighted by Crippen LogP contribution is -2.41. The number of carbonyl (C=O) groups excluding carboxylic acids is 1. The fourth-order valence-electron chi connectivity index (χ4n) is 2.21. The van der Waals surface area contributed by atoms with Crippen molar-refractivity contribution in [3.63, 3.8) is 0 Å². The van der Waals surface area contributed by atoms with E-state index < -0.39 is 6.04 Å². The third kappa shape index (κ3) is 2.70. The van der Waals surface area contributed by atoms with Gasteiger partial charge < -0.3 is 4.74 Å². The molecule has 0 bridgehead atoms. The Kier molecular flexibility index (Phi) is 3.86. The molecule has 1 aromatic rings. The fourth-order valence-corrected chi connectivity index (χ4v) is 2.21. The summed E-state index contributed by atoms with van der Waals surface area (Å²) in [7, 11) is 0. The predicted molar refractivity (Wildman–Crippen MR) is 62.2 cm³/mol. The van der Waals surface area contributed by atoms with E-state index >= 15 is 0 Å². The highest BCUT2D eigenvalue weighted by molar-refractivity contribution is 5.83. The highest BCUT2D eigenvalue weighted by Gasteiger charge is 2.28. The third-order valence-corrected chi connectivity index (χ3v) is 3.00. The molecule has 0 aromatic heterocycles. The SMILES string of the molecule is CC(=O)C(c1ccccc1F)N1CCOCC1. The van der Waals surface area contributed by atoms with Gasteiger partial charge in [0, 0.05) is 18.7 Å². The van der Waals surface area contributed by atoms with Gasteiger partial charge in [0.1, 0.15) is 5.82 Å². The molecule has 1 unspecified atom stereocenters. The molecule has 92 valence electrons. The van der Waals surface area contributed by atoms with Crippen LogP contribution >= 0.6 is 0 Å². The Bertz CT molecular complexity index is 402. The van der Waals surface area contributed by atoms with E-state index in [0.717, 1.165) is 0 Å². The van der Waals surface area contributed by atoms with Gasteiger partial charge in [-0.3, -0.25) is 9.69 Å². The molecule has 3 nitrogen and oxygen atoms in total. The average molecular weight is 237 g/mol. The molecule has 1 fully saturated rings. The molecule has 1 aliphatic heterocycles. The Morgan fingerprint density at radius 3 is 2.59 bits per heavy atom. The molecule has 0 saturated carbocycles. The first-order valence-corrected chi connectivity index (χ1v) is 5.77. The molecule has 1 saturated heterocycles. The van der Waals surface area contributed by atoms with E-state index in [2.05, 4.69) is 0 Å². The van der Waals surface area contributed by atoms with Crippen LogP contribution in [0.3, 0.4) is 0 Å². The van der Waals surface area contributed by atoms with E-state index in [1.54, 1.807) is 18.2 Å². The smallest absolute Gasteiger partial charge is 0.151 e. The Balaban J connectivity index is 2.28. The quantitative estimate of drug-likeness (QED) is 0.802. The molecule has 0 N–H and O–H groups in total. The molecule has 1 aliphatic rings. The molecule has 2 rings (SSSR count). The van der Waals surface area contributed by atoms with Gasteiger partial charge in [0.25, 0.3) is 0 Å². The zero-order chi connectivity index (χ0) is 12.3. The van der Waals surface area contributed by atoms with Crippen molar-refractivity contribution in [2.24, 2.45) is 0 Å². The lowest BCUT2D eigenvalue weighted by atomic mass is 10.0. The van der Waals surface area contributed by atoms with Crippen LogP contribution in [0.15, 0.2) is 24.3 Å². The van der Waals surface area contributed by atoms with Crippen molar-refractivity contribution in [1.29, 1.82) is 0 Å². The van der Waals surface area contributed by atoms with Crippen LogP contribution in [0.2, 0.25) is 0 Å². The zero-order valence-corrected chi connectivity index (χ0v) is 9.86. The first-order valence-electron chi connectivity index (χ1n) is 5.77. The van der Waals surface area contributed by atoms with Crippen LogP contribution < -0.4 is 0 Å². The molecule has 4 heteroatoms. The summed E-state index contributed by atoms with van der Waals surface area (Å²) in [6.07, 6.45) is 0. The molecule has 0 spiro atoms. The predicted octanol–water partition coefficient (Wildman–Crippen LogP) is 1.79. The summed E-state index contributed by atoms with van der Waals surface area (Å²) in [5.74, 6) is -0.351. The minimum atomic E-state index is -0.486. The van der Waals surface area contributed by atoms with Crippen molar-refractivity contribution in [2.45, 2.75) is 13.0 Å². The van der Waals surface area contributed by atoms with Gasteiger partial charge in [0.05, 0.1) is 19.3 Å². The summed E-state index contributed by atoms with van der Waals surface area (Å²) in [5, 5.41) is 0. The molecular formula is C13H16FNO2. The van der Waals surface area contributed by atoms with E-state index in [1.165, 1.54) is 13.0 Å². The minimum Gasteiger partial charge on any atom is -0.379 e. The Morgan fingerprint density at radius 1 is 1.35 bits per heavy atom. The van der Waals surface area contributed by atoms with Gasteiger partial charge in [-0.2, -0.15) is 0 Å². The second kappa shape index (κ2) is 5.38. The lowest BCUT2D eigenvalue weighted by Gasteiger charge is -2.33. The van der Waals surface area contributed by atoms with Crippen molar-refractivity contribution in [3.8, 4) is 0 Å². The van der Waals surface area contributed by atoms with Crippen molar-refractivity contribution in [2.75, 3.05) is 26.3 Å². The topological polar surface area (TPSA) is 29.5 Å². The summed E-state index contributed by atoms with van der Waals surface area (Å²) < 4.78 is 19.0. The number of morpholine rings is 1. The summed E-state index contributed by atoms with van der Waals surface area (Å²) in [5.41, 5.74) is 0.460. The minimum absolute atomic E-state index is 0.0306. The number of Topliss-reactive ketones (excluding diaryl/α,β-unsaturated/α-hetero) is 1. The Morgan fingerprint density at radius 2 is 2.00 bits per heavy atom. The Labute approximate surface area is 100 Å². The maximum Gasteiger partial charge on any atom is 0.151 e. The standard InChI is InChI=1S/C13H16FNO2/c1-10(16)13(15-6-8-17-9-7-15)11-4-2-3-5-12(11)14/h2-5,13H,6-9H2,1H3. The van der Waals surface area contributed by atoms with Crippen LogP contribution in [-0.2, 0) is 9.53 Å². The second-order valence-corrected chi connectivity index (χ2v) is 4.18. The van der Waals surface area contributed by atoms with Gasteiger partial charge in [-0.1, -0.05) is 18.2 Å². The Hall–Kier alpha value is -1.26. The van der Waals surface area contributed by atoms with Crippen molar-refractivity contribution in [3.05, 3.63) is 35.6 Å². The van der Waals surface area contributed by atoms with Crippen LogP contribution in [0.1, 0.15) is 18.5 Å². The molecule has 17 heavy (non-hydrogen) atoms. The summed E-state index contributed by atoms with van der Waals surface area (Å²) in [4.78, 5) is 13.7. The van der Waals surface area contributed by atoms with E-state index in [1.807, 2.05) is 4.90 Å². The number of hydrogen-bond acceptors (Lipinski definition) is 3. The summed E-state index contributed by atoms with van der Waals surface area (Å²) in [6.45, 7) is 4.03.